The van der Waals surface area contributed by atoms with E-state index in [2.05, 4.69) is 5.32 Å². The number of nitrogens with one attached hydrogen (secondary N) is 1. The van der Waals surface area contributed by atoms with E-state index >= 15 is 0 Å². The minimum atomic E-state index is -0.663. The normalized spacial score (nSPS) is 14.3. The third-order valence-corrected chi connectivity index (χ3v) is 2.61. The van der Waals surface area contributed by atoms with E-state index < -0.39 is 6.04 Å². The van der Waals surface area contributed by atoms with E-state index in [4.69, 9.17) is 19.9 Å². The predicted octanol–water partition coefficient (Wildman–Crippen LogP) is 0.00520. The highest BCUT2D eigenvalue weighted by molar-refractivity contribution is 5.81. The molecule has 1 amide bonds. The Morgan fingerprint density at radius 1 is 1.56 bits per heavy atom. The van der Waals surface area contributed by atoms with E-state index in [0.29, 0.717) is 18.0 Å². The molecule has 0 fully saturated rings. The van der Waals surface area contributed by atoms with E-state index in [9.17, 15) is 4.79 Å². The Kier molecular flexibility index (Phi) is 4.01. The molecule has 0 aliphatic carbocycles. The van der Waals surface area contributed by atoms with Crippen LogP contribution in [0.3, 0.4) is 0 Å². The highest BCUT2D eigenvalue weighted by Gasteiger charge is 2.18. The van der Waals surface area contributed by atoms with E-state index in [1.807, 2.05) is 18.2 Å². The van der Waals surface area contributed by atoms with E-state index in [1.54, 1.807) is 0 Å². The lowest BCUT2D eigenvalue weighted by Crippen LogP contribution is -2.43. The molecule has 0 radical (unpaired) electrons. The van der Waals surface area contributed by atoms with Crippen LogP contribution in [0.1, 0.15) is 5.56 Å². The SMILES string of the molecule is COCC(N)C(=O)NCc1cccc2c1OCO2. The molecule has 1 aliphatic rings. The molecule has 0 bridgehead atoms. The third kappa shape index (κ3) is 2.72. The topological polar surface area (TPSA) is 82.8 Å². The quantitative estimate of drug-likeness (QED) is 0.771. The van der Waals surface area contributed by atoms with Crippen molar-refractivity contribution in [1.82, 2.24) is 5.32 Å². The molecule has 2 rings (SSSR count). The van der Waals surface area contributed by atoms with Gasteiger partial charge >= 0.3 is 0 Å². The van der Waals surface area contributed by atoms with E-state index in [1.165, 1.54) is 7.11 Å². The second-order valence-electron chi connectivity index (χ2n) is 3.93. The van der Waals surface area contributed by atoms with Crippen LogP contribution < -0.4 is 20.5 Å². The number of amides is 1. The van der Waals surface area contributed by atoms with Gasteiger partial charge in [0.25, 0.3) is 0 Å². The van der Waals surface area contributed by atoms with Gasteiger partial charge in [0.1, 0.15) is 6.04 Å². The van der Waals surface area contributed by atoms with Crippen molar-refractivity contribution in [2.45, 2.75) is 12.6 Å². The van der Waals surface area contributed by atoms with Crippen LogP contribution in [0.15, 0.2) is 18.2 Å². The highest BCUT2D eigenvalue weighted by Crippen LogP contribution is 2.35. The van der Waals surface area contributed by atoms with Crippen molar-refractivity contribution in [1.29, 1.82) is 0 Å². The fraction of sp³-hybridized carbons (Fsp3) is 0.417. The molecule has 0 aromatic heterocycles. The maximum atomic E-state index is 11.6. The van der Waals surface area contributed by atoms with Crippen LogP contribution in [0.5, 0.6) is 11.5 Å². The van der Waals surface area contributed by atoms with Gasteiger partial charge in [-0.05, 0) is 6.07 Å². The minimum Gasteiger partial charge on any atom is -0.454 e. The largest absolute Gasteiger partial charge is 0.454 e. The molecule has 0 saturated carbocycles. The molecular formula is C12H16N2O4. The molecule has 1 unspecified atom stereocenters. The fourth-order valence-corrected chi connectivity index (χ4v) is 1.70. The summed E-state index contributed by atoms with van der Waals surface area (Å²) >= 11 is 0. The zero-order valence-electron chi connectivity index (χ0n) is 10.1. The lowest BCUT2D eigenvalue weighted by Gasteiger charge is -2.12. The number of rotatable bonds is 5. The fourth-order valence-electron chi connectivity index (χ4n) is 1.70. The first kappa shape index (κ1) is 12.7. The molecule has 18 heavy (non-hydrogen) atoms. The van der Waals surface area contributed by atoms with Gasteiger partial charge in [-0.15, -0.1) is 0 Å². The van der Waals surface area contributed by atoms with Gasteiger partial charge in [0.2, 0.25) is 12.7 Å². The Balaban J connectivity index is 1.95. The van der Waals surface area contributed by atoms with Crippen molar-refractivity contribution in [2.24, 2.45) is 5.73 Å². The van der Waals surface area contributed by atoms with E-state index in [0.717, 1.165) is 5.56 Å². The monoisotopic (exact) mass is 252 g/mol. The van der Waals surface area contributed by atoms with Gasteiger partial charge in [-0.1, -0.05) is 12.1 Å². The number of fused-ring (bicyclic) bond motifs is 1. The summed E-state index contributed by atoms with van der Waals surface area (Å²) < 4.78 is 15.4. The van der Waals surface area contributed by atoms with Gasteiger partial charge in [-0.3, -0.25) is 4.79 Å². The molecule has 3 N–H and O–H groups in total. The second-order valence-corrected chi connectivity index (χ2v) is 3.93. The lowest BCUT2D eigenvalue weighted by atomic mass is 10.2. The number of ether oxygens (including phenoxy) is 3. The van der Waals surface area contributed by atoms with Crippen molar-refractivity contribution in [3.63, 3.8) is 0 Å². The maximum Gasteiger partial charge on any atom is 0.239 e. The zero-order valence-corrected chi connectivity index (χ0v) is 10.1. The van der Waals surface area contributed by atoms with Gasteiger partial charge < -0.3 is 25.3 Å². The maximum absolute atomic E-state index is 11.6. The first-order valence-electron chi connectivity index (χ1n) is 5.62. The summed E-state index contributed by atoms with van der Waals surface area (Å²) in [4.78, 5) is 11.6. The molecule has 1 heterocycles. The number of para-hydroxylation sites is 1. The van der Waals surface area contributed by atoms with Crippen LogP contribution in [0.2, 0.25) is 0 Å². The Morgan fingerprint density at radius 3 is 3.17 bits per heavy atom. The number of hydrogen-bond donors (Lipinski definition) is 2. The summed E-state index contributed by atoms with van der Waals surface area (Å²) in [7, 11) is 1.50. The summed E-state index contributed by atoms with van der Waals surface area (Å²) in [6, 6.07) is 4.88. The van der Waals surface area contributed by atoms with Crippen LogP contribution in [-0.4, -0.2) is 32.5 Å². The van der Waals surface area contributed by atoms with Gasteiger partial charge in [-0.2, -0.15) is 0 Å². The second kappa shape index (κ2) is 5.70. The van der Waals surface area contributed by atoms with Crippen LogP contribution in [0.4, 0.5) is 0 Å². The predicted molar refractivity (Wildman–Crippen MR) is 64.3 cm³/mol. The average Bonchev–Trinajstić information content (AvgIpc) is 2.84. The first-order chi connectivity index (χ1) is 8.72. The molecule has 0 saturated heterocycles. The van der Waals surface area contributed by atoms with Crippen LogP contribution in [0.25, 0.3) is 0 Å². The number of nitrogens with two attached hydrogens (primary N) is 1. The Labute approximate surface area is 105 Å². The standard InChI is InChI=1S/C12H16N2O4/c1-16-6-9(13)12(15)14-5-8-3-2-4-10-11(8)18-7-17-10/h2-4,9H,5-7,13H2,1H3,(H,14,15). The number of carbonyl (C=O) groups excluding carboxylic acids is 1. The highest BCUT2D eigenvalue weighted by atomic mass is 16.7. The zero-order chi connectivity index (χ0) is 13.0. The lowest BCUT2D eigenvalue weighted by molar-refractivity contribution is -0.123. The number of carbonyl (C=O) groups is 1. The Hall–Kier alpha value is -1.79. The van der Waals surface area contributed by atoms with Gasteiger partial charge in [-0.25, -0.2) is 0 Å². The molecule has 0 spiro atoms. The van der Waals surface area contributed by atoms with Gasteiger partial charge in [0.15, 0.2) is 11.5 Å². The Morgan fingerprint density at radius 2 is 2.39 bits per heavy atom. The molecule has 98 valence electrons. The number of methoxy groups -OCH3 is 1. The van der Waals surface area contributed by atoms with Crippen molar-refractivity contribution in [3.05, 3.63) is 23.8 Å². The molecule has 1 aliphatic heterocycles. The molecular weight excluding hydrogens is 236 g/mol. The summed E-state index contributed by atoms with van der Waals surface area (Å²) in [6.45, 7) is 0.755. The van der Waals surface area contributed by atoms with E-state index in [-0.39, 0.29) is 19.3 Å². The van der Waals surface area contributed by atoms with Crippen molar-refractivity contribution >= 4 is 5.91 Å². The average molecular weight is 252 g/mol. The molecule has 6 heteroatoms. The van der Waals surface area contributed by atoms with Crippen LogP contribution in [0, 0.1) is 0 Å². The van der Waals surface area contributed by atoms with Gasteiger partial charge in [0, 0.05) is 19.2 Å². The summed E-state index contributed by atoms with van der Waals surface area (Å²) in [5.41, 5.74) is 6.48. The number of hydrogen-bond acceptors (Lipinski definition) is 5. The van der Waals surface area contributed by atoms with Crippen molar-refractivity contribution < 1.29 is 19.0 Å². The summed E-state index contributed by atoms with van der Waals surface area (Å²) in [5.74, 6) is 1.12. The van der Waals surface area contributed by atoms with Crippen LogP contribution in [-0.2, 0) is 16.1 Å². The Bertz CT molecular complexity index is 436. The van der Waals surface area contributed by atoms with Gasteiger partial charge in [0.05, 0.1) is 6.61 Å². The van der Waals surface area contributed by atoms with Crippen molar-refractivity contribution in [3.8, 4) is 11.5 Å². The third-order valence-electron chi connectivity index (χ3n) is 2.61. The van der Waals surface area contributed by atoms with Crippen LogP contribution >= 0.6 is 0 Å². The summed E-state index contributed by atoms with van der Waals surface area (Å²) in [5, 5.41) is 2.73. The first-order valence-corrected chi connectivity index (χ1v) is 5.62. The molecule has 1 atom stereocenters. The molecule has 1 aromatic carbocycles. The minimum absolute atomic E-state index is 0.193. The number of benzene rings is 1. The smallest absolute Gasteiger partial charge is 0.239 e. The van der Waals surface area contributed by atoms with Crippen molar-refractivity contribution in [2.75, 3.05) is 20.5 Å². The molecule has 6 nitrogen and oxygen atoms in total. The summed E-state index contributed by atoms with van der Waals surface area (Å²) in [6.07, 6.45) is 0. The molecule has 1 aromatic rings.